The van der Waals surface area contributed by atoms with Crippen molar-refractivity contribution in [1.29, 1.82) is 0 Å². The second-order valence-electron chi connectivity index (χ2n) is 4.56. The molecule has 1 saturated heterocycles. The summed E-state index contributed by atoms with van der Waals surface area (Å²) in [4.78, 5) is 19.5. The first kappa shape index (κ1) is 13.8. The van der Waals surface area contributed by atoms with E-state index in [9.17, 15) is 9.18 Å². The van der Waals surface area contributed by atoms with Gasteiger partial charge in [0, 0.05) is 13.0 Å². The van der Waals surface area contributed by atoms with Gasteiger partial charge in [0.2, 0.25) is 5.88 Å². The van der Waals surface area contributed by atoms with Gasteiger partial charge in [-0.15, -0.1) is 0 Å². The lowest BCUT2D eigenvalue weighted by molar-refractivity contribution is -0.0392. The van der Waals surface area contributed by atoms with E-state index in [0.717, 1.165) is 4.90 Å². The van der Waals surface area contributed by atoms with E-state index in [2.05, 4.69) is 9.97 Å². The predicted octanol–water partition coefficient (Wildman–Crippen LogP) is 1.99. The molecule has 0 saturated carbocycles. The molecule has 8 heteroatoms. The van der Waals surface area contributed by atoms with Crippen LogP contribution in [-0.2, 0) is 0 Å². The summed E-state index contributed by atoms with van der Waals surface area (Å²) in [6.45, 7) is 1.29. The van der Waals surface area contributed by atoms with Crippen LogP contribution in [-0.4, -0.2) is 50.9 Å². The van der Waals surface area contributed by atoms with E-state index in [4.69, 9.17) is 21.4 Å². The van der Waals surface area contributed by atoms with Gasteiger partial charge in [-0.05, 0) is 6.92 Å². The van der Waals surface area contributed by atoms with Crippen LogP contribution in [0.3, 0.4) is 0 Å². The molecule has 2 atom stereocenters. The maximum atomic E-state index is 14.4. The fourth-order valence-electron chi connectivity index (χ4n) is 2.00. The lowest BCUT2D eigenvalue weighted by Gasteiger charge is -2.39. The smallest absolute Gasteiger partial charge is 0.407 e. The van der Waals surface area contributed by atoms with Crippen LogP contribution in [0.4, 0.5) is 9.18 Å². The molecule has 1 fully saturated rings. The van der Waals surface area contributed by atoms with Gasteiger partial charge in [0.1, 0.15) is 6.10 Å². The Kier molecular flexibility index (Phi) is 3.75. The number of amides is 1. The number of piperidine rings is 1. The van der Waals surface area contributed by atoms with Gasteiger partial charge in [-0.1, -0.05) is 11.6 Å². The molecule has 0 radical (unpaired) electrons. The minimum atomic E-state index is -1.79. The SMILES string of the molecule is C[C@@]1(F)CN(C(=O)O)CC[C@@H]1Oc1cncc(Cl)n1. The Balaban J connectivity index is 2.07. The minimum Gasteiger partial charge on any atom is -0.470 e. The molecule has 1 N–H and O–H groups in total. The second kappa shape index (κ2) is 5.16. The number of alkyl halides is 1. The second-order valence-corrected chi connectivity index (χ2v) is 4.94. The molecule has 19 heavy (non-hydrogen) atoms. The Morgan fingerprint density at radius 1 is 1.68 bits per heavy atom. The highest BCUT2D eigenvalue weighted by Crippen LogP contribution is 2.29. The van der Waals surface area contributed by atoms with Gasteiger partial charge in [-0.2, -0.15) is 4.98 Å². The van der Waals surface area contributed by atoms with E-state index >= 15 is 0 Å². The molecule has 1 amide bonds. The molecule has 0 aromatic carbocycles. The largest absolute Gasteiger partial charge is 0.470 e. The van der Waals surface area contributed by atoms with Gasteiger partial charge in [-0.25, -0.2) is 9.18 Å². The molecule has 0 spiro atoms. The first-order chi connectivity index (χ1) is 8.88. The fraction of sp³-hybridized carbons (Fsp3) is 0.545. The summed E-state index contributed by atoms with van der Waals surface area (Å²) in [6.07, 6.45) is 1.01. The highest BCUT2D eigenvalue weighted by Gasteiger charge is 2.43. The van der Waals surface area contributed by atoms with Gasteiger partial charge in [0.05, 0.1) is 18.9 Å². The molecule has 0 aliphatic carbocycles. The summed E-state index contributed by atoms with van der Waals surface area (Å²) in [5, 5.41) is 9.02. The van der Waals surface area contributed by atoms with Gasteiger partial charge in [0.25, 0.3) is 0 Å². The van der Waals surface area contributed by atoms with Gasteiger partial charge in [0.15, 0.2) is 10.8 Å². The maximum Gasteiger partial charge on any atom is 0.407 e. The standard InChI is InChI=1S/C11H13ClFN3O3/c1-11(13)6-16(10(17)18)3-2-7(11)19-9-5-14-4-8(12)15-9/h4-5,7H,2-3,6H2,1H3,(H,17,18)/t7-,11+/m0/s1. The van der Waals surface area contributed by atoms with Crippen molar-refractivity contribution in [2.45, 2.75) is 25.1 Å². The van der Waals surface area contributed by atoms with Gasteiger partial charge in [-0.3, -0.25) is 4.98 Å². The first-order valence-corrected chi connectivity index (χ1v) is 6.07. The van der Waals surface area contributed by atoms with Crippen LogP contribution in [0.15, 0.2) is 12.4 Å². The summed E-state index contributed by atoms with van der Waals surface area (Å²) in [7, 11) is 0. The molecular formula is C11H13ClFN3O3. The number of aromatic nitrogens is 2. The van der Waals surface area contributed by atoms with Crippen molar-refractivity contribution in [3.05, 3.63) is 17.5 Å². The molecule has 1 aromatic rings. The van der Waals surface area contributed by atoms with E-state index in [-0.39, 0.29) is 30.5 Å². The van der Waals surface area contributed by atoms with Crippen molar-refractivity contribution >= 4 is 17.7 Å². The predicted molar refractivity (Wildman–Crippen MR) is 65.2 cm³/mol. The van der Waals surface area contributed by atoms with Crippen molar-refractivity contribution in [3.8, 4) is 5.88 Å². The third-order valence-electron chi connectivity index (χ3n) is 2.95. The van der Waals surface area contributed by atoms with Crippen molar-refractivity contribution in [3.63, 3.8) is 0 Å². The number of rotatable bonds is 2. The number of likely N-dealkylation sites (tertiary alicyclic amines) is 1. The molecule has 1 aliphatic heterocycles. The monoisotopic (exact) mass is 289 g/mol. The quantitative estimate of drug-likeness (QED) is 0.901. The van der Waals surface area contributed by atoms with Gasteiger partial charge < -0.3 is 14.7 Å². The average molecular weight is 290 g/mol. The van der Waals surface area contributed by atoms with Gasteiger partial charge >= 0.3 is 6.09 Å². The Labute approximate surface area is 114 Å². The lowest BCUT2D eigenvalue weighted by Crippen LogP contribution is -2.55. The van der Waals surface area contributed by atoms with Crippen molar-refractivity contribution in [2.75, 3.05) is 13.1 Å². The first-order valence-electron chi connectivity index (χ1n) is 5.69. The molecular weight excluding hydrogens is 277 g/mol. The van der Waals surface area contributed by atoms with Crippen LogP contribution in [0.1, 0.15) is 13.3 Å². The number of hydrogen-bond acceptors (Lipinski definition) is 4. The normalized spacial score (nSPS) is 27.1. The zero-order valence-corrected chi connectivity index (χ0v) is 11.0. The van der Waals surface area contributed by atoms with Crippen LogP contribution in [0.5, 0.6) is 5.88 Å². The zero-order valence-electron chi connectivity index (χ0n) is 10.2. The number of nitrogens with zero attached hydrogens (tertiary/aromatic N) is 3. The molecule has 6 nitrogen and oxygen atoms in total. The zero-order chi connectivity index (χ0) is 14.0. The van der Waals surface area contributed by atoms with E-state index in [1.807, 2.05) is 0 Å². The number of carboxylic acid groups (broad SMARTS) is 1. The summed E-state index contributed by atoms with van der Waals surface area (Å²) < 4.78 is 19.8. The molecule has 2 heterocycles. The van der Waals surface area contributed by atoms with Crippen molar-refractivity contribution in [2.24, 2.45) is 0 Å². The van der Waals surface area contributed by atoms with Crippen molar-refractivity contribution < 1.29 is 19.0 Å². The average Bonchev–Trinajstić information content (AvgIpc) is 2.31. The van der Waals surface area contributed by atoms with Crippen LogP contribution in [0, 0.1) is 0 Å². The topological polar surface area (TPSA) is 75.6 Å². The summed E-state index contributed by atoms with van der Waals surface area (Å²) in [5.74, 6) is 0.130. The molecule has 0 bridgehead atoms. The molecule has 1 aromatic heterocycles. The van der Waals surface area contributed by atoms with E-state index in [1.165, 1.54) is 19.3 Å². The number of carbonyl (C=O) groups is 1. The Bertz CT molecular complexity index is 486. The van der Waals surface area contributed by atoms with Crippen LogP contribution in [0.2, 0.25) is 5.15 Å². The van der Waals surface area contributed by atoms with E-state index < -0.39 is 17.9 Å². The molecule has 104 valence electrons. The summed E-state index contributed by atoms with van der Waals surface area (Å²) in [5.41, 5.74) is -1.79. The van der Waals surface area contributed by atoms with Crippen molar-refractivity contribution in [1.82, 2.24) is 14.9 Å². The highest BCUT2D eigenvalue weighted by atomic mass is 35.5. The Morgan fingerprint density at radius 2 is 2.42 bits per heavy atom. The Hall–Kier alpha value is -1.63. The summed E-state index contributed by atoms with van der Waals surface area (Å²) in [6, 6.07) is 0. The fourth-order valence-corrected chi connectivity index (χ4v) is 2.14. The summed E-state index contributed by atoms with van der Waals surface area (Å²) >= 11 is 5.67. The number of ether oxygens (including phenoxy) is 1. The third kappa shape index (κ3) is 3.23. The third-order valence-corrected chi connectivity index (χ3v) is 3.13. The molecule has 2 rings (SSSR count). The van der Waals surface area contributed by atoms with Crippen LogP contribution >= 0.6 is 11.6 Å². The lowest BCUT2D eigenvalue weighted by atomic mass is 9.93. The maximum absolute atomic E-state index is 14.4. The van der Waals surface area contributed by atoms with E-state index in [1.54, 1.807) is 0 Å². The Morgan fingerprint density at radius 3 is 3.00 bits per heavy atom. The minimum absolute atomic E-state index is 0.130. The number of halogens is 2. The highest BCUT2D eigenvalue weighted by molar-refractivity contribution is 6.29. The van der Waals surface area contributed by atoms with Crippen LogP contribution in [0.25, 0.3) is 0 Å². The molecule has 0 unspecified atom stereocenters. The molecule has 1 aliphatic rings. The number of hydrogen-bond donors (Lipinski definition) is 1. The van der Waals surface area contributed by atoms with E-state index in [0.29, 0.717) is 0 Å². The van der Waals surface area contributed by atoms with Crippen LogP contribution < -0.4 is 4.74 Å².